The van der Waals surface area contributed by atoms with Crippen LogP contribution in [0.5, 0.6) is 0 Å². The molecule has 0 fully saturated rings. The molecule has 0 atom stereocenters. The average molecular weight is 259 g/mol. The van der Waals surface area contributed by atoms with Gasteiger partial charge in [0.05, 0.1) is 28.5 Å². The molecular weight excluding hydrogens is 238 g/mol. The molecule has 0 bridgehead atoms. The van der Waals surface area contributed by atoms with Crippen LogP contribution in [0.4, 0.5) is 0 Å². The summed E-state index contributed by atoms with van der Waals surface area (Å²) in [6, 6.07) is 7.80. The van der Waals surface area contributed by atoms with Gasteiger partial charge in [-0.25, -0.2) is 4.98 Å². The van der Waals surface area contributed by atoms with Gasteiger partial charge in [0.1, 0.15) is 0 Å². The second-order valence-corrected chi connectivity index (χ2v) is 5.89. The Morgan fingerprint density at radius 3 is 2.37 bits per heavy atom. The Hall–Kier alpha value is -1.52. The molecule has 1 aromatic carbocycles. The number of fused-ring (bicyclic) bond motifs is 1. The zero-order valence-corrected chi connectivity index (χ0v) is 11.9. The van der Waals surface area contributed by atoms with Crippen molar-refractivity contribution >= 4 is 11.0 Å². The van der Waals surface area contributed by atoms with Crippen molar-refractivity contribution in [3.05, 3.63) is 36.2 Å². The molecule has 0 aliphatic rings. The molecule has 0 amide bonds. The smallest absolute Gasteiger partial charge is 0.0890 e. The lowest BCUT2D eigenvalue weighted by molar-refractivity contribution is -0.00545. The van der Waals surface area contributed by atoms with Gasteiger partial charge >= 0.3 is 0 Å². The van der Waals surface area contributed by atoms with E-state index in [1.807, 2.05) is 38.1 Å². The molecule has 19 heavy (non-hydrogen) atoms. The summed E-state index contributed by atoms with van der Waals surface area (Å²) in [6.45, 7) is 8.12. The van der Waals surface area contributed by atoms with E-state index in [1.54, 1.807) is 20.0 Å². The number of nitrogens with zero attached hydrogens (tertiary/aromatic N) is 2. The zero-order valence-electron chi connectivity index (χ0n) is 11.9. The first kappa shape index (κ1) is 13.9. The number of aliphatic hydroxyl groups is 1. The summed E-state index contributed by atoms with van der Waals surface area (Å²) >= 11 is 0. The molecule has 1 aromatic heterocycles. The fourth-order valence-corrected chi connectivity index (χ4v) is 1.61. The van der Waals surface area contributed by atoms with E-state index in [-0.39, 0.29) is 0 Å². The highest BCUT2D eigenvalue weighted by Crippen LogP contribution is 2.21. The fourth-order valence-electron chi connectivity index (χ4n) is 1.61. The SMILES string of the molecule is CC(C)(O)C(C)(C)NCc1cnc2ccccc2n1. The number of nitrogens with one attached hydrogen (secondary N) is 1. The molecule has 0 aliphatic carbocycles. The maximum atomic E-state index is 10.1. The van der Waals surface area contributed by atoms with E-state index >= 15 is 0 Å². The van der Waals surface area contributed by atoms with E-state index in [1.165, 1.54) is 0 Å². The van der Waals surface area contributed by atoms with Crippen molar-refractivity contribution in [1.82, 2.24) is 15.3 Å². The van der Waals surface area contributed by atoms with Crippen LogP contribution in [-0.2, 0) is 6.54 Å². The summed E-state index contributed by atoms with van der Waals surface area (Å²) in [5.74, 6) is 0. The average Bonchev–Trinajstić information content (AvgIpc) is 2.35. The number of benzene rings is 1. The van der Waals surface area contributed by atoms with Crippen molar-refractivity contribution in [2.45, 2.75) is 45.4 Å². The molecule has 102 valence electrons. The molecule has 0 aliphatic heterocycles. The molecule has 2 aromatic rings. The lowest BCUT2D eigenvalue weighted by atomic mass is 9.86. The molecule has 0 radical (unpaired) electrons. The van der Waals surface area contributed by atoms with E-state index in [0.717, 1.165) is 16.7 Å². The zero-order chi connectivity index (χ0) is 14.1. The summed E-state index contributed by atoms with van der Waals surface area (Å²) in [7, 11) is 0. The maximum Gasteiger partial charge on any atom is 0.0890 e. The molecule has 0 saturated heterocycles. The van der Waals surface area contributed by atoms with Gasteiger partial charge in [-0.15, -0.1) is 0 Å². The van der Waals surface area contributed by atoms with Gasteiger partial charge in [0.15, 0.2) is 0 Å². The molecule has 1 heterocycles. The summed E-state index contributed by atoms with van der Waals surface area (Å²) in [5, 5.41) is 13.4. The summed E-state index contributed by atoms with van der Waals surface area (Å²) in [5.41, 5.74) is 1.45. The Kier molecular flexibility index (Phi) is 3.56. The number of para-hydroxylation sites is 2. The van der Waals surface area contributed by atoms with Crippen molar-refractivity contribution in [3.63, 3.8) is 0 Å². The standard InChI is InChI=1S/C15H21N3O/c1-14(2,15(3,4)19)17-10-11-9-16-12-7-5-6-8-13(12)18-11/h5-9,17,19H,10H2,1-4H3. The van der Waals surface area contributed by atoms with Crippen LogP contribution in [0.3, 0.4) is 0 Å². The van der Waals surface area contributed by atoms with Gasteiger partial charge in [-0.3, -0.25) is 4.98 Å². The minimum atomic E-state index is -0.808. The Labute approximate surface area is 113 Å². The minimum Gasteiger partial charge on any atom is -0.389 e. The summed E-state index contributed by atoms with van der Waals surface area (Å²) in [4.78, 5) is 8.93. The Morgan fingerprint density at radius 1 is 1.11 bits per heavy atom. The van der Waals surface area contributed by atoms with E-state index in [4.69, 9.17) is 0 Å². The van der Waals surface area contributed by atoms with Gasteiger partial charge in [0.2, 0.25) is 0 Å². The first-order chi connectivity index (χ1) is 8.79. The minimum absolute atomic E-state index is 0.402. The third-order valence-electron chi connectivity index (χ3n) is 3.74. The number of aromatic nitrogens is 2. The summed E-state index contributed by atoms with van der Waals surface area (Å²) < 4.78 is 0. The number of rotatable bonds is 4. The predicted molar refractivity (Wildman–Crippen MR) is 76.8 cm³/mol. The molecule has 4 heteroatoms. The largest absolute Gasteiger partial charge is 0.389 e. The van der Waals surface area contributed by atoms with Gasteiger partial charge in [-0.2, -0.15) is 0 Å². The second kappa shape index (κ2) is 4.87. The quantitative estimate of drug-likeness (QED) is 0.884. The van der Waals surface area contributed by atoms with Crippen LogP contribution in [0.25, 0.3) is 11.0 Å². The van der Waals surface area contributed by atoms with E-state index in [2.05, 4.69) is 15.3 Å². The van der Waals surface area contributed by atoms with E-state index < -0.39 is 11.1 Å². The van der Waals surface area contributed by atoms with E-state index in [0.29, 0.717) is 6.54 Å². The van der Waals surface area contributed by atoms with Crippen LogP contribution in [0.15, 0.2) is 30.5 Å². The predicted octanol–water partition coefficient (Wildman–Crippen LogP) is 2.27. The van der Waals surface area contributed by atoms with E-state index in [9.17, 15) is 5.11 Å². The van der Waals surface area contributed by atoms with Gasteiger partial charge in [0, 0.05) is 12.1 Å². The maximum absolute atomic E-state index is 10.1. The lowest BCUT2D eigenvalue weighted by Crippen LogP contribution is -2.55. The molecule has 4 nitrogen and oxygen atoms in total. The van der Waals surface area contributed by atoms with Crippen LogP contribution in [0.2, 0.25) is 0 Å². The number of hydrogen-bond acceptors (Lipinski definition) is 4. The normalized spacial score (nSPS) is 12.9. The highest BCUT2D eigenvalue weighted by atomic mass is 16.3. The fraction of sp³-hybridized carbons (Fsp3) is 0.467. The lowest BCUT2D eigenvalue weighted by Gasteiger charge is -2.38. The topological polar surface area (TPSA) is 58.0 Å². The van der Waals surface area contributed by atoms with Gasteiger partial charge in [0.25, 0.3) is 0 Å². The van der Waals surface area contributed by atoms with Gasteiger partial charge in [-0.05, 0) is 39.8 Å². The van der Waals surface area contributed by atoms with Crippen LogP contribution in [0, 0.1) is 0 Å². The van der Waals surface area contributed by atoms with Crippen molar-refractivity contribution in [2.75, 3.05) is 0 Å². The molecule has 0 unspecified atom stereocenters. The molecular formula is C15H21N3O. The first-order valence-electron chi connectivity index (χ1n) is 6.48. The highest BCUT2D eigenvalue weighted by molar-refractivity contribution is 5.73. The highest BCUT2D eigenvalue weighted by Gasteiger charge is 2.34. The van der Waals surface area contributed by atoms with Crippen molar-refractivity contribution in [3.8, 4) is 0 Å². The van der Waals surface area contributed by atoms with Crippen LogP contribution < -0.4 is 5.32 Å². The Morgan fingerprint density at radius 2 is 1.74 bits per heavy atom. The third kappa shape index (κ3) is 3.08. The van der Waals surface area contributed by atoms with Crippen molar-refractivity contribution in [2.24, 2.45) is 0 Å². The van der Waals surface area contributed by atoms with Crippen molar-refractivity contribution < 1.29 is 5.11 Å². The second-order valence-electron chi connectivity index (χ2n) is 5.89. The molecule has 2 N–H and O–H groups in total. The van der Waals surface area contributed by atoms with Crippen molar-refractivity contribution in [1.29, 1.82) is 0 Å². The van der Waals surface area contributed by atoms with Gasteiger partial charge < -0.3 is 10.4 Å². The molecule has 2 rings (SSSR count). The molecule has 0 spiro atoms. The van der Waals surface area contributed by atoms with Crippen LogP contribution in [0.1, 0.15) is 33.4 Å². The monoisotopic (exact) mass is 259 g/mol. The number of hydrogen-bond donors (Lipinski definition) is 2. The Bertz CT molecular complexity index is 573. The molecule has 0 saturated carbocycles. The third-order valence-corrected chi connectivity index (χ3v) is 3.74. The summed E-state index contributed by atoms with van der Waals surface area (Å²) in [6.07, 6.45) is 1.77. The first-order valence-corrected chi connectivity index (χ1v) is 6.48. The van der Waals surface area contributed by atoms with Gasteiger partial charge in [-0.1, -0.05) is 12.1 Å². The van der Waals surface area contributed by atoms with Crippen LogP contribution in [-0.4, -0.2) is 26.2 Å². The Balaban J connectivity index is 2.14. The van der Waals surface area contributed by atoms with Crippen LogP contribution >= 0.6 is 0 Å².